The molecule has 0 aliphatic carbocycles. The summed E-state index contributed by atoms with van der Waals surface area (Å²) in [4.78, 5) is 14.7. The molecule has 1 aliphatic heterocycles. The normalized spacial score (nSPS) is 15.1. The lowest BCUT2D eigenvalue weighted by Gasteiger charge is -2.14. The molecule has 1 amide bonds. The van der Waals surface area contributed by atoms with Gasteiger partial charge in [0.2, 0.25) is 0 Å². The minimum atomic E-state index is -0.0601. The summed E-state index contributed by atoms with van der Waals surface area (Å²) < 4.78 is 18.6. The van der Waals surface area contributed by atoms with Gasteiger partial charge in [0.15, 0.2) is 11.5 Å². The number of nitrogens with zero attached hydrogens (tertiary/aromatic N) is 1. The molecule has 0 N–H and O–H groups in total. The van der Waals surface area contributed by atoms with Gasteiger partial charge in [-0.15, -0.1) is 0 Å². The summed E-state index contributed by atoms with van der Waals surface area (Å²) in [7, 11) is 1.60. The van der Waals surface area contributed by atoms with Gasteiger partial charge < -0.3 is 14.2 Å². The Kier molecular flexibility index (Phi) is 8.01. The summed E-state index contributed by atoms with van der Waals surface area (Å²) in [5.74, 6) is 2.01. The number of hydrogen-bond acceptors (Lipinski definition) is 6. The number of methoxy groups -OCH3 is 1. The maximum absolute atomic E-state index is 12.4. The summed E-state index contributed by atoms with van der Waals surface area (Å²) >= 11 is 8.80. The number of rotatable bonds is 8. The molecule has 30 heavy (non-hydrogen) atoms. The average Bonchev–Trinajstić information content (AvgIpc) is 2.99. The zero-order chi connectivity index (χ0) is 21.7. The third-order valence-electron chi connectivity index (χ3n) is 4.36. The second kappa shape index (κ2) is 10.5. The van der Waals surface area contributed by atoms with Gasteiger partial charge in [-0.3, -0.25) is 9.69 Å². The number of benzene rings is 2. The number of likely N-dealkylation sites (N-methyl/N-ethyl adjacent to an activating group) is 1. The van der Waals surface area contributed by atoms with E-state index in [1.807, 2.05) is 56.3 Å². The molecule has 1 saturated heterocycles. The Labute approximate surface area is 199 Å². The molecular weight excluding hydrogens is 533 g/mol. The van der Waals surface area contributed by atoms with Crippen LogP contribution in [0, 0.1) is 10.5 Å². The predicted octanol–water partition coefficient (Wildman–Crippen LogP) is 5.29. The van der Waals surface area contributed by atoms with Gasteiger partial charge in [0, 0.05) is 6.54 Å². The Bertz CT molecular complexity index is 976. The maximum Gasteiger partial charge on any atom is 0.266 e. The minimum absolute atomic E-state index is 0.0601. The molecule has 3 rings (SSSR count). The van der Waals surface area contributed by atoms with E-state index in [4.69, 9.17) is 26.4 Å². The lowest BCUT2D eigenvalue weighted by Crippen LogP contribution is -2.27. The topological polar surface area (TPSA) is 48.0 Å². The van der Waals surface area contributed by atoms with Crippen LogP contribution in [0.15, 0.2) is 41.3 Å². The Morgan fingerprint density at radius 1 is 1.17 bits per heavy atom. The summed E-state index contributed by atoms with van der Waals surface area (Å²) in [6, 6.07) is 11.7. The first-order chi connectivity index (χ1) is 14.4. The number of ether oxygens (including phenoxy) is 3. The lowest BCUT2D eigenvalue weighted by molar-refractivity contribution is -0.121. The molecule has 5 nitrogen and oxygen atoms in total. The highest BCUT2D eigenvalue weighted by molar-refractivity contribution is 14.1. The monoisotopic (exact) mass is 555 g/mol. The van der Waals surface area contributed by atoms with E-state index in [0.29, 0.717) is 40.5 Å². The summed E-state index contributed by atoms with van der Waals surface area (Å²) in [5.41, 5.74) is 2.05. The van der Waals surface area contributed by atoms with E-state index < -0.39 is 0 Å². The molecular formula is C22H22INO4S2. The molecule has 1 aliphatic rings. The molecule has 1 fully saturated rings. The van der Waals surface area contributed by atoms with Crippen LogP contribution in [0.5, 0.6) is 17.2 Å². The zero-order valence-electron chi connectivity index (χ0n) is 16.9. The van der Waals surface area contributed by atoms with E-state index >= 15 is 0 Å². The molecule has 2 aromatic rings. The highest BCUT2D eigenvalue weighted by Gasteiger charge is 2.30. The standard InChI is InChI=1S/C22H22INO4S2/c1-4-24-21(25)19(30-22(24)29)13-15-11-17(23)20(18(12-15)26-3)28-10-9-27-16-7-5-14(2)6-8-16/h5-8,11-13H,4,9-10H2,1-3H3. The fourth-order valence-electron chi connectivity index (χ4n) is 2.82. The first-order valence-electron chi connectivity index (χ1n) is 9.38. The molecule has 1 heterocycles. The smallest absolute Gasteiger partial charge is 0.266 e. The van der Waals surface area contributed by atoms with Crippen LogP contribution in [-0.4, -0.2) is 42.0 Å². The van der Waals surface area contributed by atoms with Crippen LogP contribution < -0.4 is 14.2 Å². The molecule has 0 aromatic heterocycles. The number of carbonyl (C=O) groups is 1. The number of amides is 1. The van der Waals surface area contributed by atoms with Gasteiger partial charge in [-0.2, -0.15) is 0 Å². The first kappa shape index (κ1) is 22.9. The van der Waals surface area contributed by atoms with Crippen LogP contribution in [-0.2, 0) is 4.79 Å². The number of aryl methyl sites for hydroxylation is 1. The molecule has 0 saturated carbocycles. The van der Waals surface area contributed by atoms with Crippen molar-refractivity contribution in [3.05, 3.63) is 56.0 Å². The lowest BCUT2D eigenvalue weighted by atomic mass is 10.2. The van der Waals surface area contributed by atoms with Gasteiger partial charge in [-0.05, 0) is 72.3 Å². The summed E-state index contributed by atoms with van der Waals surface area (Å²) in [5, 5.41) is 0. The quantitative estimate of drug-likeness (QED) is 0.191. The van der Waals surface area contributed by atoms with Crippen LogP contribution in [0.4, 0.5) is 0 Å². The third-order valence-corrected chi connectivity index (χ3v) is 6.54. The van der Waals surface area contributed by atoms with Crippen molar-refractivity contribution in [3.8, 4) is 17.2 Å². The van der Waals surface area contributed by atoms with Crippen molar-refractivity contribution in [1.29, 1.82) is 0 Å². The summed E-state index contributed by atoms with van der Waals surface area (Å²) in [6.07, 6.45) is 1.84. The molecule has 158 valence electrons. The highest BCUT2D eigenvalue weighted by Crippen LogP contribution is 2.37. The minimum Gasteiger partial charge on any atom is -0.493 e. The van der Waals surface area contributed by atoms with Crippen molar-refractivity contribution in [1.82, 2.24) is 4.90 Å². The van der Waals surface area contributed by atoms with Crippen LogP contribution in [0.3, 0.4) is 0 Å². The van der Waals surface area contributed by atoms with Crippen molar-refractivity contribution >= 4 is 62.9 Å². The van der Waals surface area contributed by atoms with Crippen LogP contribution in [0.25, 0.3) is 6.08 Å². The van der Waals surface area contributed by atoms with Crippen molar-refractivity contribution < 1.29 is 19.0 Å². The predicted molar refractivity (Wildman–Crippen MR) is 133 cm³/mol. The van der Waals surface area contributed by atoms with Crippen molar-refractivity contribution in [2.45, 2.75) is 13.8 Å². The Balaban J connectivity index is 1.68. The second-order valence-electron chi connectivity index (χ2n) is 6.47. The Morgan fingerprint density at radius 2 is 1.87 bits per heavy atom. The van der Waals surface area contributed by atoms with E-state index in [1.54, 1.807) is 12.0 Å². The second-order valence-corrected chi connectivity index (χ2v) is 9.31. The zero-order valence-corrected chi connectivity index (χ0v) is 20.7. The van der Waals surface area contributed by atoms with Crippen molar-refractivity contribution in [3.63, 3.8) is 0 Å². The molecule has 8 heteroatoms. The van der Waals surface area contributed by atoms with Crippen molar-refractivity contribution in [2.75, 3.05) is 26.9 Å². The first-order valence-corrected chi connectivity index (χ1v) is 11.7. The average molecular weight is 555 g/mol. The number of thioether (sulfide) groups is 1. The van der Waals surface area contributed by atoms with E-state index in [1.165, 1.54) is 17.3 Å². The van der Waals surface area contributed by atoms with Gasteiger partial charge in [0.05, 0.1) is 15.6 Å². The highest BCUT2D eigenvalue weighted by atomic mass is 127. The number of carbonyl (C=O) groups excluding carboxylic acids is 1. The number of hydrogen-bond donors (Lipinski definition) is 0. The van der Waals surface area contributed by atoms with Crippen LogP contribution in [0.2, 0.25) is 0 Å². The molecule has 0 spiro atoms. The van der Waals surface area contributed by atoms with Crippen molar-refractivity contribution in [2.24, 2.45) is 0 Å². The molecule has 0 radical (unpaired) electrons. The fourth-order valence-corrected chi connectivity index (χ4v) is 4.99. The Hall–Kier alpha value is -1.78. The molecule has 0 unspecified atom stereocenters. The van der Waals surface area contributed by atoms with E-state index in [0.717, 1.165) is 14.9 Å². The molecule has 0 bridgehead atoms. The van der Waals surface area contributed by atoms with Crippen LogP contribution in [0.1, 0.15) is 18.1 Å². The third kappa shape index (κ3) is 5.47. The number of halogens is 1. The molecule has 2 aromatic carbocycles. The van der Waals surface area contributed by atoms with E-state index in [-0.39, 0.29) is 5.91 Å². The summed E-state index contributed by atoms with van der Waals surface area (Å²) in [6.45, 7) is 5.32. The van der Waals surface area contributed by atoms with Gasteiger partial charge in [-0.25, -0.2) is 0 Å². The number of thiocarbonyl (C=S) groups is 1. The fraction of sp³-hybridized carbons (Fsp3) is 0.273. The van der Waals surface area contributed by atoms with Gasteiger partial charge in [0.1, 0.15) is 23.3 Å². The van der Waals surface area contributed by atoms with Gasteiger partial charge >= 0.3 is 0 Å². The van der Waals surface area contributed by atoms with E-state index in [2.05, 4.69) is 22.6 Å². The largest absolute Gasteiger partial charge is 0.493 e. The Morgan fingerprint density at radius 3 is 2.50 bits per heavy atom. The van der Waals surface area contributed by atoms with E-state index in [9.17, 15) is 4.79 Å². The maximum atomic E-state index is 12.4. The van der Waals surface area contributed by atoms with Crippen LogP contribution >= 0.6 is 46.6 Å². The SMILES string of the molecule is CCN1C(=O)C(=Cc2cc(I)c(OCCOc3ccc(C)cc3)c(OC)c2)SC1=S. The van der Waals surface area contributed by atoms with Gasteiger partial charge in [-0.1, -0.05) is 41.7 Å². The molecule has 0 atom stereocenters. The van der Waals surface area contributed by atoms with Gasteiger partial charge in [0.25, 0.3) is 5.91 Å².